The molecule has 36 heavy (non-hydrogen) atoms. The smallest absolute Gasteiger partial charge is 0.408 e. The molecule has 1 amide bonds. The van der Waals surface area contributed by atoms with Crippen molar-refractivity contribution in [2.24, 2.45) is 0 Å². The molecular weight excluding hydrogens is 452 g/mol. The van der Waals surface area contributed by atoms with Gasteiger partial charge in [-0.3, -0.25) is 0 Å². The van der Waals surface area contributed by atoms with Crippen molar-refractivity contribution in [3.05, 3.63) is 59.7 Å². The second-order valence-electron chi connectivity index (χ2n) is 11.1. The molecule has 0 unspecified atom stereocenters. The van der Waals surface area contributed by atoms with Gasteiger partial charge in [-0.1, -0.05) is 24.3 Å². The zero-order valence-corrected chi connectivity index (χ0v) is 22.8. The van der Waals surface area contributed by atoms with E-state index in [0.29, 0.717) is 0 Å². The van der Waals surface area contributed by atoms with Crippen LogP contribution in [0.5, 0.6) is 11.5 Å². The number of benzene rings is 2. The SMILES string of the molecule is COc1cccc(CCC[N+]2(CCCc3cccc(OC)c3)CCC[C@H](NC(=O)OC(C)(C)C)C2)c1. The molecule has 1 aliphatic heterocycles. The summed E-state index contributed by atoms with van der Waals surface area (Å²) in [5, 5.41) is 3.17. The van der Waals surface area contributed by atoms with Gasteiger partial charge < -0.3 is 24.0 Å². The number of aryl methyl sites for hydroxylation is 2. The molecule has 0 spiro atoms. The highest BCUT2D eigenvalue weighted by atomic mass is 16.6. The zero-order valence-electron chi connectivity index (χ0n) is 22.8. The van der Waals surface area contributed by atoms with Gasteiger partial charge in [-0.15, -0.1) is 0 Å². The first-order chi connectivity index (χ1) is 17.2. The largest absolute Gasteiger partial charge is 0.497 e. The van der Waals surface area contributed by atoms with Crippen LogP contribution in [-0.2, 0) is 17.6 Å². The van der Waals surface area contributed by atoms with E-state index in [1.165, 1.54) is 11.1 Å². The van der Waals surface area contributed by atoms with Gasteiger partial charge in [0.1, 0.15) is 17.1 Å². The highest BCUT2D eigenvalue weighted by Crippen LogP contribution is 2.24. The summed E-state index contributed by atoms with van der Waals surface area (Å²) in [6.07, 6.45) is 6.06. The van der Waals surface area contributed by atoms with Crippen LogP contribution >= 0.6 is 0 Å². The van der Waals surface area contributed by atoms with Crippen molar-refractivity contribution in [1.29, 1.82) is 0 Å². The summed E-state index contributed by atoms with van der Waals surface area (Å²) in [6, 6.07) is 16.9. The third-order valence-corrected chi connectivity index (χ3v) is 6.98. The van der Waals surface area contributed by atoms with Crippen LogP contribution in [0, 0.1) is 0 Å². The molecule has 198 valence electrons. The summed E-state index contributed by atoms with van der Waals surface area (Å²) in [7, 11) is 3.43. The van der Waals surface area contributed by atoms with Gasteiger partial charge in [0.15, 0.2) is 0 Å². The molecule has 0 aliphatic carbocycles. The Bertz CT molecular complexity index is 916. The molecule has 1 heterocycles. The average Bonchev–Trinajstić information content (AvgIpc) is 2.83. The molecule has 1 aliphatic rings. The predicted octanol–water partition coefficient (Wildman–Crippen LogP) is 5.77. The molecule has 6 nitrogen and oxygen atoms in total. The molecule has 6 heteroatoms. The molecule has 3 rings (SSSR count). The van der Waals surface area contributed by atoms with Gasteiger partial charge in [-0.05, 0) is 81.8 Å². The van der Waals surface area contributed by atoms with Crippen molar-refractivity contribution in [2.45, 2.75) is 70.9 Å². The maximum Gasteiger partial charge on any atom is 0.408 e. The van der Waals surface area contributed by atoms with Crippen LogP contribution in [-0.4, -0.2) is 62.6 Å². The van der Waals surface area contributed by atoms with Crippen molar-refractivity contribution in [3.8, 4) is 11.5 Å². The Balaban J connectivity index is 1.64. The Morgan fingerprint density at radius 2 is 1.50 bits per heavy atom. The van der Waals surface area contributed by atoms with E-state index in [4.69, 9.17) is 14.2 Å². The predicted molar refractivity (Wildman–Crippen MR) is 145 cm³/mol. The zero-order chi connectivity index (χ0) is 26.0. The molecular formula is C30H45N2O4+. The Kier molecular flexibility index (Phi) is 10.1. The number of ether oxygens (including phenoxy) is 3. The number of quaternary nitrogens is 1. The van der Waals surface area contributed by atoms with Crippen molar-refractivity contribution in [3.63, 3.8) is 0 Å². The number of carbonyl (C=O) groups excluding carboxylic acids is 1. The quantitative estimate of drug-likeness (QED) is 0.400. The van der Waals surface area contributed by atoms with Gasteiger partial charge in [0, 0.05) is 12.8 Å². The Labute approximate surface area is 217 Å². The summed E-state index contributed by atoms with van der Waals surface area (Å²) in [5.41, 5.74) is 2.13. The van der Waals surface area contributed by atoms with Crippen molar-refractivity contribution < 1.29 is 23.5 Å². The second-order valence-corrected chi connectivity index (χ2v) is 11.1. The lowest BCUT2D eigenvalue weighted by Gasteiger charge is -2.45. The molecule has 2 aromatic carbocycles. The summed E-state index contributed by atoms with van der Waals surface area (Å²) in [6.45, 7) is 10.0. The number of piperidine rings is 1. The molecule has 1 atom stereocenters. The number of hydrogen-bond acceptors (Lipinski definition) is 4. The number of nitrogens with one attached hydrogen (secondary N) is 1. The van der Waals surface area contributed by atoms with Crippen LogP contribution in [0.15, 0.2) is 48.5 Å². The summed E-state index contributed by atoms with van der Waals surface area (Å²) in [4.78, 5) is 12.5. The number of rotatable bonds is 11. The highest BCUT2D eigenvalue weighted by Gasteiger charge is 2.35. The van der Waals surface area contributed by atoms with Crippen LogP contribution in [0.1, 0.15) is 57.6 Å². The van der Waals surface area contributed by atoms with E-state index < -0.39 is 5.60 Å². The normalized spacial score (nSPS) is 17.3. The van der Waals surface area contributed by atoms with Gasteiger partial charge in [0.25, 0.3) is 0 Å². The summed E-state index contributed by atoms with van der Waals surface area (Å²) >= 11 is 0. The highest BCUT2D eigenvalue weighted by molar-refractivity contribution is 5.68. The number of alkyl carbamates (subject to hydrolysis) is 1. The van der Waals surface area contributed by atoms with Gasteiger partial charge in [-0.25, -0.2) is 4.79 Å². The monoisotopic (exact) mass is 497 g/mol. The molecule has 1 saturated heterocycles. The minimum atomic E-state index is -0.488. The van der Waals surface area contributed by atoms with E-state index in [-0.39, 0.29) is 12.1 Å². The van der Waals surface area contributed by atoms with Crippen LogP contribution in [0.2, 0.25) is 0 Å². The molecule has 0 saturated carbocycles. The summed E-state index contributed by atoms with van der Waals surface area (Å²) < 4.78 is 17.4. The number of nitrogens with zero attached hydrogens (tertiary/aromatic N) is 1. The second kappa shape index (κ2) is 13.0. The Hall–Kier alpha value is -2.73. The van der Waals surface area contributed by atoms with Crippen molar-refractivity contribution in [1.82, 2.24) is 5.32 Å². The van der Waals surface area contributed by atoms with E-state index in [1.807, 2.05) is 32.9 Å². The molecule has 2 aromatic rings. The number of hydrogen-bond donors (Lipinski definition) is 1. The van der Waals surface area contributed by atoms with E-state index in [0.717, 1.165) is 80.7 Å². The molecule has 0 radical (unpaired) electrons. The standard InChI is InChI=1S/C30H44N2O4/c1-30(2,3)36-29(33)31-26-15-10-20-32(23-26,18-8-13-24-11-6-16-27(21-24)34-4)19-9-14-25-12-7-17-28(22-25)35-5/h6-7,11-12,16-17,21-22,26H,8-10,13-15,18-20,23H2,1-5H3/p+1/t26-/m0/s1. The third kappa shape index (κ3) is 9.05. The third-order valence-electron chi connectivity index (χ3n) is 6.98. The maximum absolute atomic E-state index is 12.5. The Morgan fingerprint density at radius 3 is 2.00 bits per heavy atom. The minimum absolute atomic E-state index is 0.141. The first-order valence-electron chi connectivity index (χ1n) is 13.3. The first kappa shape index (κ1) is 27.9. The first-order valence-corrected chi connectivity index (χ1v) is 13.3. The van der Waals surface area contributed by atoms with E-state index in [1.54, 1.807) is 14.2 Å². The molecule has 0 bridgehead atoms. The van der Waals surface area contributed by atoms with Gasteiger partial charge in [0.05, 0.1) is 46.4 Å². The number of amides is 1. The Morgan fingerprint density at radius 1 is 0.944 bits per heavy atom. The summed E-state index contributed by atoms with van der Waals surface area (Å²) in [5.74, 6) is 1.82. The van der Waals surface area contributed by atoms with Crippen LogP contribution in [0.25, 0.3) is 0 Å². The fourth-order valence-electron chi connectivity index (χ4n) is 5.33. The van der Waals surface area contributed by atoms with E-state index >= 15 is 0 Å². The van der Waals surface area contributed by atoms with E-state index in [2.05, 4.69) is 41.7 Å². The number of carbonyl (C=O) groups is 1. The van der Waals surface area contributed by atoms with Gasteiger partial charge >= 0.3 is 6.09 Å². The fourth-order valence-corrected chi connectivity index (χ4v) is 5.33. The van der Waals surface area contributed by atoms with E-state index in [9.17, 15) is 4.79 Å². The van der Waals surface area contributed by atoms with Crippen LogP contribution in [0.3, 0.4) is 0 Å². The maximum atomic E-state index is 12.5. The van der Waals surface area contributed by atoms with Crippen molar-refractivity contribution in [2.75, 3.05) is 40.4 Å². The molecule has 1 fully saturated rings. The minimum Gasteiger partial charge on any atom is -0.497 e. The van der Waals surface area contributed by atoms with Gasteiger partial charge in [0.2, 0.25) is 0 Å². The van der Waals surface area contributed by atoms with Gasteiger partial charge in [-0.2, -0.15) is 0 Å². The lowest BCUT2D eigenvalue weighted by molar-refractivity contribution is -0.933. The number of methoxy groups -OCH3 is 2. The van der Waals surface area contributed by atoms with Crippen LogP contribution in [0.4, 0.5) is 4.79 Å². The average molecular weight is 498 g/mol. The van der Waals surface area contributed by atoms with Crippen molar-refractivity contribution >= 4 is 6.09 Å². The topological polar surface area (TPSA) is 56.8 Å². The van der Waals surface area contributed by atoms with Crippen LogP contribution < -0.4 is 14.8 Å². The fraction of sp³-hybridized carbons (Fsp3) is 0.567. The lowest BCUT2D eigenvalue weighted by atomic mass is 9.99. The lowest BCUT2D eigenvalue weighted by Crippen LogP contribution is -2.60. The molecule has 1 N–H and O–H groups in total. The number of likely N-dealkylation sites (tertiary alicyclic amines) is 1. The molecule has 0 aromatic heterocycles.